The SMILES string of the molecule is CCCCOC(/C=C/OCC)(C(Oc1cc(Cl)cc(C#N)c1)C(=O)OCC)C(F)(F)F. The number of alkyl halides is 3. The predicted molar refractivity (Wildman–Crippen MR) is 108 cm³/mol. The zero-order valence-electron chi connectivity index (χ0n) is 17.5. The maximum Gasteiger partial charge on any atom is 0.425 e. The fourth-order valence-electron chi connectivity index (χ4n) is 2.53. The lowest BCUT2D eigenvalue weighted by atomic mass is 9.94. The second-order valence-electron chi connectivity index (χ2n) is 6.29. The summed E-state index contributed by atoms with van der Waals surface area (Å²) in [7, 11) is 0. The van der Waals surface area contributed by atoms with Crippen molar-refractivity contribution in [3.05, 3.63) is 41.1 Å². The average Bonchev–Trinajstić information content (AvgIpc) is 2.70. The van der Waals surface area contributed by atoms with E-state index in [1.807, 2.05) is 6.07 Å². The number of halogens is 4. The number of unbranched alkanes of at least 4 members (excludes halogenated alkanes) is 1. The molecule has 0 N–H and O–H groups in total. The first-order valence-electron chi connectivity index (χ1n) is 9.69. The third kappa shape index (κ3) is 7.33. The van der Waals surface area contributed by atoms with E-state index in [-0.39, 0.29) is 36.2 Å². The van der Waals surface area contributed by atoms with Crippen LogP contribution in [0.4, 0.5) is 13.2 Å². The van der Waals surface area contributed by atoms with Crippen molar-refractivity contribution in [2.45, 2.75) is 51.5 Å². The minimum absolute atomic E-state index is 0.0412. The van der Waals surface area contributed by atoms with Gasteiger partial charge in [0.05, 0.1) is 31.1 Å². The van der Waals surface area contributed by atoms with Gasteiger partial charge in [0.1, 0.15) is 5.75 Å². The molecule has 0 fully saturated rings. The highest BCUT2D eigenvalue weighted by molar-refractivity contribution is 6.30. The number of esters is 1. The minimum Gasteiger partial charge on any atom is -0.502 e. The summed E-state index contributed by atoms with van der Waals surface area (Å²) < 4.78 is 63.7. The van der Waals surface area contributed by atoms with Gasteiger partial charge in [-0.3, -0.25) is 0 Å². The van der Waals surface area contributed by atoms with Crippen molar-refractivity contribution < 1.29 is 36.9 Å². The van der Waals surface area contributed by atoms with Crippen LogP contribution in [0.3, 0.4) is 0 Å². The molecule has 10 heteroatoms. The van der Waals surface area contributed by atoms with E-state index in [2.05, 4.69) is 0 Å². The Hall–Kier alpha value is -2.44. The first-order valence-corrected chi connectivity index (χ1v) is 10.1. The van der Waals surface area contributed by atoms with Gasteiger partial charge in [-0.05, 0) is 44.5 Å². The smallest absolute Gasteiger partial charge is 0.425 e. The third-order valence-electron chi connectivity index (χ3n) is 4.00. The van der Waals surface area contributed by atoms with Crippen LogP contribution < -0.4 is 4.74 Å². The molecular weight excluding hydrogens is 439 g/mol. The molecule has 0 bridgehead atoms. The highest BCUT2D eigenvalue weighted by Crippen LogP contribution is 2.41. The molecule has 0 spiro atoms. The van der Waals surface area contributed by atoms with Crippen LogP contribution in [-0.2, 0) is 19.0 Å². The Kier molecular flexibility index (Phi) is 10.7. The number of nitriles is 1. The Bertz CT molecular complexity index is 794. The van der Waals surface area contributed by atoms with E-state index in [1.165, 1.54) is 19.1 Å². The van der Waals surface area contributed by atoms with Gasteiger partial charge in [0.25, 0.3) is 0 Å². The van der Waals surface area contributed by atoms with E-state index >= 15 is 0 Å². The van der Waals surface area contributed by atoms with Crippen LogP contribution in [0.5, 0.6) is 5.75 Å². The van der Waals surface area contributed by atoms with Crippen LogP contribution in [0.25, 0.3) is 0 Å². The molecule has 1 aromatic carbocycles. The van der Waals surface area contributed by atoms with E-state index in [0.717, 1.165) is 12.3 Å². The lowest BCUT2D eigenvalue weighted by Crippen LogP contribution is -2.61. The van der Waals surface area contributed by atoms with Crippen molar-refractivity contribution in [3.63, 3.8) is 0 Å². The lowest BCUT2D eigenvalue weighted by molar-refractivity contribution is -0.283. The Morgan fingerprint density at radius 3 is 2.48 bits per heavy atom. The maximum atomic E-state index is 14.4. The summed E-state index contributed by atoms with van der Waals surface area (Å²) in [6, 6.07) is 5.48. The zero-order valence-corrected chi connectivity index (χ0v) is 18.3. The first-order chi connectivity index (χ1) is 14.6. The molecule has 31 heavy (non-hydrogen) atoms. The third-order valence-corrected chi connectivity index (χ3v) is 4.22. The van der Waals surface area contributed by atoms with E-state index in [0.29, 0.717) is 18.9 Å². The summed E-state index contributed by atoms with van der Waals surface area (Å²) in [5.74, 6) is -1.52. The van der Waals surface area contributed by atoms with Crippen molar-refractivity contribution in [2.75, 3.05) is 19.8 Å². The van der Waals surface area contributed by atoms with Gasteiger partial charge in [0.15, 0.2) is 0 Å². The summed E-state index contributed by atoms with van der Waals surface area (Å²) in [4.78, 5) is 12.6. The highest BCUT2D eigenvalue weighted by atomic mass is 35.5. The van der Waals surface area contributed by atoms with Crippen LogP contribution in [0, 0.1) is 11.3 Å². The lowest BCUT2D eigenvalue weighted by Gasteiger charge is -2.37. The van der Waals surface area contributed by atoms with Gasteiger partial charge in [0, 0.05) is 11.6 Å². The van der Waals surface area contributed by atoms with Crippen molar-refractivity contribution in [1.82, 2.24) is 0 Å². The van der Waals surface area contributed by atoms with Crippen molar-refractivity contribution in [2.24, 2.45) is 0 Å². The molecule has 172 valence electrons. The van der Waals surface area contributed by atoms with Crippen LogP contribution in [0.2, 0.25) is 5.02 Å². The summed E-state index contributed by atoms with van der Waals surface area (Å²) >= 11 is 5.93. The summed E-state index contributed by atoms with van der Waals surface area (Å²) in [5, 5.41) is 9.15. The standard InChI is InChI=1S/C21H25ClF3NO5/c1-4-7-9-30-20(21(23,24)25,8-10-28-5-2)18(19(27)29-6-3)31-17-12-15(14-26)11-16(22)13-17/h8,10-13,18H,4-7,9H2,1-3H3/b10-8+. The molecule has 0 saturated heterocycles. The van der Waals surface area contributed by atoms with E-state index in [9.17, 15) is 18.0 Å². The number of ether oxygens (including phenoxy) is 4. The molecule has 2 atom stereocenters. The van der Waals surface area contributed by atoms with Gasteiger partial charge < -0.3 is 18.9 Å². The van der Waals surface area contributed by atoms with Crippen LogP contribution in [0.15, 0.2) is 30.5 Å². The monoisotopic (exact) mass is 463 g/mol. The molecule has 0 aliphatic heterocycles. The number of carbonyl (C=O) groups excluding carboxylic acids is 1. The molecule has 0 saturated carbocycles. The van der Waals surface area contributed by atoms with Gasteiger partial charge in [-0.25, -0.2) is 4.79 Å². The molecule has 1 aromatic rings. The zero-order chi connectivity index (χ0) is 23.5. The number of nitrogens with zero attached hydrogens (tertiary/aromatic N) is 1. The maximum absolute atomic E-state index is 14.4. The molecule has 6 nitrogen and oxygen atoms in total. The second-order valence-corrected chi connectivity index (χ2v) is 6.72. The molecule has 0 amide bonds. The first kappa shape index (κ1) is 26.6. The van der Waals surface area contributed by atoms with Gasteiger partial charge >= 0.3 is 12.1 Å². The highest BCUT2D eigenvalue weighted by Gasteiger charge is 2.64. The fraction of sp³-hybridized carbons (Fsp3) is 0.524. The van der Waals surface area contributed by atoms with E-state index in [4.69, 9.17) is 35.8 Å². The van der Waals surface area contributed by atoms with Gasteiger partial charge in [-0.2, -0.15) is 18.4 Å². The van der Waals surface area contributed by atoms with Crippen LogP contribution >= 0.6 is 11.6 Å². The number of hydrogen-bond acceptors (Lipinski definition) is 6. The summed E-state index contributed by atoms with van der Waals surface area (Å²) in [5.41, 5.74) is -3.17. The fourth-order valence-corrected chi connectivity index (χ4v) is 2.75. The van der Waals surface area contributed by atoms with Gasteiger partial charge in [-0.15, -0.1) is 0 Å². The second kappa shape index (κ2) is 12.4. The Balaban J connectivity index is 3.60. The number of hydrogen-bond donors (Lipinski definition) is 0. The molecule has 1 rings (SSSR count). The molecule has 2 unspecified atom stereocenters. The van der Waals surface area contributed by atoms with E-state index < -0.39 is 23.9 Å². The largest absolute Gasteiger partial charge is 0.502 e. The average molecular weight is 464 g/mol. The summed E-state index contributed by atoms with van der Waals surface area (Å²) in [6.07, 6.45) is -5.08. The van der Waals surface area contributed by atoms with Crippen molar-refractivity contribution in [3.8, 4) is 11.8 Å². The minimum atomic E-state index is -5.08. The topological polar surface area (TPSA) is 77.8 Å². The van der Waals surface area contributed by atoms with E-state index in [1.54, 1.807) is 13.8 Å². The van der Waals surface area contributed by atoms with Gasteiger partial charge in [0.2, 0.25) is 11.7 Å². The number of rotatable bonds is 12. The van der Waals surface area contributed by atoms with Gasteiger partial charge in [-0.1, -0.05) is 24.9 Å². The molecule has 0 radical (unpaired) electrons. The molecular formula is C21H25ClF3NO5. The van der Waals surface area contributed by atoms with Crippen molar-refractivity contribution in [1.29, 1.82) is 5.26 Å². The number of carbonyl (C=O) groups is 1. The molecule has 0 heterocycles. The normalized spacial score (nSPS) is 14.5. The Morgan fingerprint density at radius 1 is 1.23 bits per heavy atom. The summed E-state index contributed by atoms with van der Waals surface area (Å²) in [6.45, 7) is 4.44. The Labute approximate surface area is 184 Å². The molecule has 0 aliphatic carbocycles. The quantitative estimate of drug-likeness (QED) is 0.241. The van der Waals surface area contributed by atoms with Crippen LogP contribution in [-0.4, -0.2) is 43.7 Å². The van der Waals surface area contributed by atoms with Crippen molar-refractivity contribution >= 4 is 17.6 Å². The van der Waals surface area contributed by atoms with Crippen LogP contribution in [0.1, 0.15) is 39.2 Å². The Morgan fingerprint density at radius 2 is 1.94 bits per heavy atom. The molecule has 0 aliphatic rings. The predicted octanol–water partition coefficient (Wildman–Crippen LogP) is 5.19. The number of benzene rings is 1. The molecule has 0 aromatic heterocycles.